The molecule has 7 nitrogen and oxygen atoms in total. The molecule has 0 radical (unpaired) electrons. The van der Waals surface area contributed by atoms with E-state index >= 15 is 0 Å². The van der Waals surface area contributed by atoms with Crippen molar-refractivity contribution in [3.63, 3.8) is 0 Å². The number of aryl methyl sites for hydroxylation is 1. The number of hydrogen-bond donors (Lipinski definition) is 2. The van der Waals surface area contributed by atoms with Crippen molar-refractivity contribution >= 4 is 34.8 Å². The number of nitrogens with zero attached hydrogens (tertiary/aromatic N) is 1. The van der Waals surface area contributed by atoms with Gasteiger partial charge in [-0.3, -0.25) is 9.59 Å². The van der Waals surface area contributed by atoms with E-state index in [1.165, 1.54) is 6.42 Å². The number of nitrogens with one attached hydrogen (secondary N) is 2. The van der Waals surface area contributed by atoms with Crippen LogP contribution in [0.4, 0.5) is 17.1 Å². The molecule has 0 aromatic heterocycles. The van der Waals surface area contributed by atoms with Crippen LogP contribution in [0.15, 0.2) is 42.5 Å². The van der Waals surface area contributed by atoms with Gasteiger partial charge in [-0.25, -0.2) is 0 Å². The quantitative estimate of drug-likeness (QED) is 0.681. The van der Waals surface area contributed by atoms with Crippen LogP contribution in [-0.4, -0.2) is 30.9 Å². The van der Waals surface area contributed by atoms with Gasteiger partial charge < -0.3 is 25.4 Å². The van der Waals surface area contributed by atoms with Crippen molar-refractivity contribution in [1.82, 2.24) is 0 Å². The van der Waals surface area contributed by atoms with E-state index in [0.29, 0.717) is 29.8 Å². The van der Waals surface area contributed by atoms with Crippen LogP contribution in [0.25, 0.3) is 0 Å². The number of rotatable bonds is 6. The van der Waals surface area contributed by atoms with Crippen molar-refractivity contribution in [2.45, 2.75) is 51.9 Å². The molecule has 2 atom stereocenters. The maximum absolute atomic E-state index is 13.3. The van der Waals surface area contributed by atoms with Gasteiger partial charge in [0.1, 0.15) is 0 Å². The Bertz CT molecular complexity index is 1060. The van der Waals surface area contributed by atoms with Crippen molar-refractivity contribution in [3.8, 4) is 0 Å². The summed E-state index contributed by atoms with van der Waals surface area (Å²) in [5.41, 5.74) is 3.57. The summed E-state index contributed by atoms with van der Waals surface area (Å²) >= 11 is 0. The molecule has 1 aliphatic carbocycles. The molecule has 180 valence electrons. The van der Waals surface area contributed by atoms with Crippen LogP contribution in [0, 0.1) is 18.8 Å². The van der Waals surface area contributed by atoms with E-state index in [1.54, 1.807) is 12.1 Å². The highest BCUT2D eigenvalue weighted by atomic mass is 16.4. The predicted octanol–water partition coefficient (Wildman–Crippen LogP) is 3.73. The zero-order valence-corrected chi connectivity index (χ0v) is 19.6. The summed E-state index contributed by atoms with van der Waals surface area (Å²) in [6.07, 6.45) is 5.91. The lowest BCUT2D eigenvalue weighted by molar-refractivity contribution is -0.313. The molecule has 1 saturated heterocycles. The topological polar surface area (TPSA) is 102 Å². The summed E-state index contributed by atoms with van der Waals surface area (Å²) in [6, 6.07) is 13.0. The molecule has 0 unspecified atom stereocenters. The van der Waals surface area contributed by atoms with Crippen LogP contribution in [0.1, 0.15) is 60.9 Å². The highest BCUT2D eigenvalue weighted by molar-refractivity contribution is 6.09. The summed E-state index contributed by atoms with van der Waals surface area (Å²) in [5.74, 6) is -3.13. The number of hydrogen-bond acceptors (Lipinski definition) is 5. The van der Waals surface area contributed by atoms with E-state index in [0.717, 1.165) is 50.0 Å². The minimum absolute atomic E-state index is 0.243. The van der Waals surface area contributed by atoms with Crippen LogP contribution in [-0.2, 0) is 9.59 Å². The van der Waals surface area contributed by atoms with E-state index in [9.17, 15) is 19.5 Å². The van der Waals surface area contributed by atoms with Gasteiger partial charge in [0.15, 0.2) is 0 Å². The van der Waals surface area contributed by atoms with Crippen molar-refractivity contribution < 1.29 is 19.5 Å². The van der Waals surface area contributed by atoms with Crippen LogP contribution in [0.5, 0.6) is 0 Å². The lowest BCUT2D eigenvalue weighted by atomic mass is 9.78. The van der Waals surface area contributed by atoms with Gasteiger partial charge in [0.2, 0.25) is 5.91 Å². The van der Waals surface area contributed by atoms with E-state index in [2.05, 4.69) is 15.5 Å². The van der Waals surface area contributed by atoms with Gasteiger partial charge in [-0.05, 0) is 74.9 Å². The second-order valence-electron chi connectivity index (χ2n) is 9.41. The van der Waals surface area contributed by atoms with E-state index < -0.39 is 17.8 Å². The molecule has 2 aliphatic rings. The molecule has 4 rings (SSSR count). The van der Waals surface area contributed by atoms with E-state index in [4.69, 9.17) is 0 Å². The molecule has 2 fully saturated rings. The SMILES string of the molecule is Cc1cccc(NC(=O)c2cc(NC(=O)[C@H]3CCCC[C@@H]3C(=O)[O-])ccc2N2CCCCC2)c1. The first-order valence-corrected chi connectivity index (χ1v) is 12.2. The highest BCUT2D eigenvalue weighted by Gasteiger charge is 2.32. The number of anilines is 3. The van der Waals surface area contributed by atoms with Crippen LogP contribution < -0.4 is 20.6 Å². The van der Waals surface area contributed by atoms with Crippen molar-refractivity contribution in [2.75, 3.05) is 28.6 Å². The third-order valence-corrected chi connectivity index (χ3v) is 6.89. The molecule has 34 heavy (non-hydrogen) atoms. The standard InChI is InChI=1S/C27H33N3O4/c1-18-8-7-9-19(16-18)28-26(32)23-17-20(12-13-24(23)30-14-5-2-6-15-30)29-25(31)21-10-3-4-11-22(21)27(33)34/h7-9,12-13,16-17,21-22H,2-6,10-11,14-15H2,1H3,(H,28,32)(H,29,31)(H,33,34)/p-1/t21-,22-/m0/s1. The summed E-state index contributed by atoms with van der Waals surface area (Å²) in [5, 5.41) is 17.4. The fraction of sp³-hybridized carbons (Fsp3) is 0.444. The number of carbonyl (C=O) groups excluding carboxylic acids is 3. The Hall–Kier alpha value is -3.35. The first kappa shape index (κ1) is 23.8. The molecule has 2 N–H and O–H groups in total. The van der Waals surface area contributed by atoms with Crippen molar-refractivity contribution in [1.29, 1.82) is 0 Å². The average Bonchev–Trinajstić information content (AvgIpc) is 2.84. The van der Waals surface area contributed by atoms with Crippen LogP contribution in [0.2, 0.25) is 0 Å². The van der Waals surface area contributed by atoms with Gasteiger partial charge >= 0.3 is 0 Å². The lowest BCUT2D eigenvalue weighted by Gasteiger charge is -2.32. The minimum atomic E-state index is -1.17. The van der Waals surface area contributed by atoms with Gasteiger partial charge in [0.25, 0.3) is 5.91 Å². The van der Waals surface area contributed by atoms with Gasteiger partial charge in [-0.15, -0.1) is 0 Å². The zero-order chi connectivity index (χ0) is 24.1. The molecule has 2 amide bonds. The molecule has 7 heteroatoms. The van der Waals surface area contributed by atoms with Crippen molar-refractivity contribution in [2.24, 2.45) is 11.8 Å². The number of carboxylic acid groups (broad SMARTS) is 1. The molecule has 1 saturated carbocycles. The number of benzene rings is 2. The maximum Gasteiger partial charge on any atom is 0.257 e. The number of amides is 2. The van der Waals surface area contributed by atoms with Gasteiger partial charge in [0, 0.05) is 48.0 Å². The lowest BCUT2D eigenvalue weighted by Crippen LogP contribution is -2.42. The van der Waals surface area contributed by atoms with E-state index in [-0.39, 0.29) is 11.8 Å². The molecule has 0 bridgehead atoms. The Morgan fingerprint density at radius 2 is 1.56 bits per heavy atom. The smallest absolute Gasteiger partial charge is 0.257 e. The Balaban J connectivity index is 1.59. The van der Waals surface area contributed by atoms with Crippen LogP contribution >= 0.6 is 0 Å². The van der Waals surface area contributed by atoms with E-state index in [1.807, 2.05) is 37.3 Å². The highest BCUT2D eigenvalue weighted by Crippen LogP contribution is 2.32. The maximum atomic E-state index is 13.3. The Morgan fingerprint density at radius 3 is 2.26 bits per heavy atom. The Labute approximate surface area is 200 Å². The molecule has 1 aliphatic heterocycles. The fourth-order valence-corrected chi connectivity index (χ4v) is 5.09. The monoisotopic (exact) mass is 462 g/mol. The summed E-state index contributed by atoms with van der Waals surface area (Å²) in [6.45, 7) is 3.73. The number of carboxylic acids is 1. The second-order valence-corrected chi connectivity index (χ2v) is 9.41. The van der Waals surface area contributed by atoms with Gasteiger partial charge in [-0.1, -0.05) is 25.0 Å². The molecule has 2 aromatic rings. The second kappa shape index (κ2) is 10.7. The fourth-order valence-electron chi connectivity index (χ4n) is 5.09. The third-order valence-electron chi connectivity index (χ3n) is 6.89. The molecular formula is C27H32N3O4-. The van der Waals surface area contributed by atoms with Gasteiger partial charge in [0.05, 0.1) is 5.56 Å². The minimum Gasteiger partial charge on any atom is -0.550 e. The largest absolute Gasteiger partial charge is 0.550 e. The summed E-state index contributed by atoms with van der Waals surface area (Å²) < 4.78 is 0. The zero-order valence-electron chi connectivity index (χ0n) is 19.6. The first-order valence-electron chi connectivity index (χ1n) is 12.2. The average molecular weight is 463 g/mol. The number of aliphatic carboxylic acids is 1. The first-order chi connectivity index (χ1) is 16.4. The Morgan fingerprint density at radius 1 is 0.853 bits per heavy atom. The summed E-state index contributed by atoms with van der Waals surface area (Å²) in [7, 11) is 0. The third kappa shape index (κ3) is 5.58. The molecule has 0 spiro atoms. The predicted molar refractivity (Wildman–Crippen MR) is 131 cm³/mol. The molecule has 1 heterocycles. The van der Waals surface area contributed by atoms with Gasteiger partial charge in [-0.2, -0.15) is 0 Å². The Kier molecular flexibility index (Phi) is 7.50. The number of carbonyl (C=O) groups is 3. The van der Waals surface area contributed by atoms with Crippen LogP contribution in [0.3, 0.4) is 0 Å². The van der Waals surface area contributed by atoms with Crippen molar-refractivity contribution in [3.05, 3.63) is 53.6 Å². The number of piperidine rings is 1. The molecular weight excluding hydrogens is 430 g/mol. The normalized spacial score (nSPS) is 20.4. The molecule has 2 aromatic carbocycles. The summed E-state index contributed by atoms with van der Waals surface area (Å²) in [4.78, 5) is 40.0.